The molecule has 44 heavy (non-hydrogen) atoms. The number of aromatic nitrogens is 3. The molecule has 3 aromatic heterocycles. The molecule has 9 rings (SSSR count). The van der Waals surface area contributed by atoms with E-state index in [-0.39, 0.29) is 0 Å². The van der Waals surface area contributed by atoms with Gasteiger partial charge in [0.2, 0.25) is 0 Å². The van der Waals surface area contributed by atoms with E-state index in [4.69, 9.17) is 19.4 Å². The second kappa shape index (κ2) is 9.97. The lowest BCUT2D eigenvalue weighted by Gasteiger charge is -2.09. The molecule has 5 heteroatoms. The third-order valence-corrected chi connectivity index (χ3v) is 9.28. The number of rotatable bonds is 4. The maximum atomic E-state index is 6.36. The van der Waals surface area contributed by atoms with E-state index in [1.807, 2.05) is 60.7 Å². The molecule has 0 aliphatic heterocycles. The average molecular weight is 582 g/mol. The van der Waals surface area contributed by atoms with Crippen molar-refractivity contribution in [1.29, 1.82) is 0 Å². The zero-order valence-corrected chi connectivity index (χ0v) is 24.3. The Kier molecular flexibility index (Phi) is 5.64. The van der Waals surface area contributed by atoms with Gasteiger partial charge in [0.25, 0.3) is 0 Å². The Morgan fingerprint density at radius 3 is 1.93 bits per heavy atom. The number of furan rings is 1. The Morgan fingerprint density at radius 2 is 1.09 bits per heavy atom. The minimum Gasteiger partial charge on any atom is -0.455 e. The second-order valence-electron chi connectivity index (χ2n) is 10.8. The van der Waals surface area contributed by atoms with Crippen LogP contribution in [0.5, 0.6) is 0 Å². The summed E-state index contributed by atoms with van der Waals surface area (Å²) >= 11 is 1.79. The third kappa shape index (κ3) is 4.09. The average Bonchev–Trinajstić information content (AvgIpc) is 3.66. The first-order valence-corrected chi connectivity index (χ1v) is 15.3. The molecule has 0 saturated carbocycles. The minimum atomic E-state index is 0.586. The lowest BCUT2D eigenvalue weighted by atomic mass is 10.0. The second-order valence-corrected chi connectivity index (χ2v) is 11.9. The van der Waals surface area contributed by atoms with Crippen LogP contribution in [0, 0.1) is 0 Å². The highest BCUT2D eigenvalue weighted by Crippen LogP contribution is 2.39. The molecular formula is C39H23N3OS. The van der Waals surface area contributed by atoms with Crippen molar-refractivity contribution in [1.82, 2.24) is 15.0 Å². The maximum absolute atomic E-state index is 6.36. The van der Waals surface area contributed by atoms with Crippen molar-refractivity contribution in [2.24, 2.45) is 0 Å². The standard InChI is InChI=1S/C39H23N3OS/c1-3-10-24(11-4-1)26-19-21-34-32(22-26)29-20-18-27(23-35(29)44-34)38-40-37(25-12-5-2-6-13-25)41-39(42-38)31-16-9-15-30-28-14-7-8-17-33(28)43-36(30)31/h1-23H. The van der Waals surface area contributed by atoms with Gasteiger partial charge in [-0.05, 0) is 41.5 Å². The molecule has 0 unspecified atom stereocenters. The summed E-state index contributed by atoms with van der Waals surface area (Å²) in [5.41, 5.74) is 6.79. The molecule has 0 fully saturated rings. The largest absolute Gasteiger partial charge is 0.455 e. The molecule has 0 aliphatic rings. The molecule has 0 amide bonds. The summed E-state index contributed by atoms with van der Waals surface area (Å²) in [6.45, 7) is 0. The summed E-state index contributed by atoms with van der Waals surface area (Å²) in [6.07, 6.45) is 0. The van der Waals surface area contributed by atoms with Crippen molar-refractivity contribution in [3.63, 3.8) is 0 Å². The monoisotopic (exact) mass is 581 g/mol. The molecule has 3 heterocycles. The lowest BCUT2D eigenvalue weighted by molar-refractivity contribution is 0.669. The predicted octanol–water partition coefficient (Wildman–Crippen LogP) is 10.8. The van der Waals surface area contributed by atoms with E-state index < -0.39 is 0 Å². The fourth-order valence-electron chi connectivity index (χ4n) is 5.99. The first kappa shape index (κ1) is 24.9. The predicted molar refractivity (Wildman–Crippen MR) is 182 cm³/mol. The van der Waals surface area contributed by atoms with E-state index in [9.17, 15) is 0 Å². The zero-order valence-electron chi connectivity index (χ0n) is 23.4. The molecule has 0 spiro atoms. The topological polar surface area (TPSA) is 51.8 Å². The molecule has 0 bridgehead atoms. The minimum absolute atomic E-state index is 0.586. The van der Waals surface area contributed by atoms with Gasteiger partial charge in [-0.3, -0.25) is 0 Å². The number of fused-ring (bicyclic) bond motifs is 6. The lowest BCUT2D eigenvalue weighted by Crippen LogP contribution is -2.00. The SMILES string of the molecule is c1ccc(-c2ccc3sc4cc(-c5nc(-c6ccccc6)nc(-c6cccc7c6oc6ccccc67)n5)ccc4c3c2)cc1. The summed E-state index contributed by atoms with van der Waals surface area (Å²) < 4.78 is 8.82. The highest BCUT2D eigenvalue weighted by Gasteiger charge is 2.18. The van der Waals surface area contributed by atoms with E-state index in [2.05, 4.69) is 78.9 Å². The van der Waals surface area contributed by atoms with Crippen molar-refractivity contribution >= 4 is 53.4 Å². The summed E-state index contributed by atoms with van der Waals surface area (Å²) in [5, 5.41) is 4.61. The van der Waals surface area contributed by atoms with Crippen LogP contribution in [0.1, 0.15) is 0 Å². The molecule has 4 nitrogen and oxygen atoms in total. The maximum Gasteiger partial charge on any atom is 0.167 e. The number of nitrogens with zero attached hydrogens (tertiary/aromatic N) is 3. The fraction of sp³-hybridized carbons (Fsp3) is 0. The van der Waals surface area contributed by atoms with E-state index in [0.29, 0.717) is 17.5 Å². The molecule has 0 N–H and O–H groups in total. The Hall–Kier alpha value is -5.65. The molecular weight excluding hydrogens is 559 g/mol. The quantitative estimate of drug-likeness (QED) is 0.207. The van der Waals surface area contributed by atoms with E-state index in [0.717, 1.165) is 38.6 Å². The summed E-state index contributed by atoms with van der Waals surface area (Å²) in [4.78, 5) is 15.0. The van der Waals surface area contributed by atoms with Gasteiger partial charge in [0.15, 0.2) is 17.5 Å². The normalized spacial score (nSPS) is 11.6. The molecule has 0 radical (unpaired) electrons. The Morgan fingerprint density at radius 1 is 0.409 bits per heavy atom. The van der Waals surface area contributed by atoms with Crippen LogP contribution in [0.25, 0.3) is 87.4 Å². The Labute approximate surface area is 256 Å². The highest BCUT2D eigenvalue weighted by molar-refractivity contribution is 7.25. The van der Waals surface area contributed by atoms with Crippen LogP contribution in [0.3, 0.4) is 0 Å². The number of benzene rings is 6. The van der Waals surface area contributed by atoms with Gasteiger partial charge in [-0.25, -0.2) is 15.0 Å². The third-order valence-electron chi connectivity index (χ3n) is 8.15. The molecule has 0 atom stereocenters. The zero-order chi connectivity index (χ0) is 29.0. The van der Waals surface area contributed by atoms with Crippen LogP contribution in [0.15, 0.2) is 144 Å². The van der Waals surface area contributed by atoms with E-state index in [1.165, 1.54) is 31.3 Å². The number of hydrogen-bond donors (Lipinski definition) is 0. The van der Waals surface area contributed by atoms with Crippen molar-refractivity contribution in [2.45, 2.75) is 0 Å². The summed E-state index contributed by atoms with van der Waals surface area (Å²) in [6, 6.07) is 48.1. The molecule has 6 aromatic carbocycles. The van der Waals surface area contributed by atoms with Gasteiger partial charge in [0, 0.05) is 42.1 Å². The van der Waals surface area contributed by atoms with Crippen LogP contribution in [-0.2, 0) is 0 Å². The fourth-order valence-corrected chi connectivity index (χ4v) is 7.12. The molecule has 0 saturated heterocycles. The van der Waals surface area contributed by atoms with Crippen molar-refractivity contribution in [3.8, 4) is 45.3 Å². The smallest absolute Gasteiger partial charge is 0.167 e. The molecule has 9 aromatic rings. The van der Waals surface area contributed by atoms with Crippen molar-refractivity contribution in [3.05, 3.63) is 140 Å². The van der Waals surface area contributed by atoms with E-state index >= 15 is 0 Å². The molecule has 0 aliphatic carbocycles. The van der Waals surface area contributed by atoms with Crippen molar-refractivity contribution < 1.29 is 4.42 Å². The number of hydrogen-bond acceptors (Lipinski definition) is 5. The Bertz CT molecular complexity index is 2500. The first-order chi connectivity index (χ1) is 21.8. The van der Waals surface area contributed by atoms with Gasteiger partial charge in [0.05, 0.1) is 5.56 Å². The van der Waals surface area contributed by atoms with Gasteiger partial charge in [-0.1, -0.05) is 109 Å². The number of para-hydroxylation sites is 2. The van der Waals surface area contributed by atoms with Gasteiger partial charge in [-0.15, -0.1) is 11.3 Å². The summed E-state index contributed by atoms with van der Waals surface area (Å²) in [7, 11) is 0. The van der Waals surface area contributed by atoms with Crippen LogP contribution >= 0.6 is 11.3 Å². The van der Waals surface area contributed by atoms with E-state index in [1.54, 1.807) is 11.3 Å². The van der Waals surface area contributed by atoms with Crippen LogP contribution in [0.4, 0.5) is 0 Å². The van der Waals surface area contributed by atoms with Gasteiger partial charge < -0.3 is 4.42 Å². The van der Waals surface area contributed by atoms with Crippen LogP contribution in [-0.4, -0.2) is 15.0 Å². The van der Waals surface area contributed by atoms with Gasteiger partial charge in [-0.2, -0.15) is 0 Å². The van der Waals surface area contributed by atoms with Gasteiger partial charge in [0.1, 0.15) is 11.2 Å². The molecule has 206 valence electrons. The first-order valence-electron chi connectivity index (χ1n) is 14.5. The number of thiophene rings is 1. The highest BCUT2D eigenvalue weighted by atomic mass is 32.1. The van der Waals surface area contributed by atoms with Crippen LogP contribution in [0.2, 0.25) is 0 Å². The van der Waals surface area contributed by atoms with Gasteiger partial charge >= 0.3 is 0 Å². The van der Waals surface area contributed by atoms with Crippen molar-refractivity contribution in [2.75, 3.05) is 0 Å². The van der Waals surface area contributed by atoms with Crippen LogP contribution < -0.4 is 0 Å². The Balaban J connectivity index is 1.22. The summed E-state index contributed by atoms with van der Waals surface area (Å²) in [5.74, 6) is 1.84.